The molecule has 0 saturated carbocycles. The van der Waals surface area contributed by atoms with Crippen LogP contribution in [0.15, 0.2) is 54.6 Å². The lowest BCUT2D eigenvalue weighted by atomic mass is 10.2. The maximum atomic E-state index is 6.21. The maximum Gasteiger partial charge on any atom is 0.142 e. The first kappa shape index (κ1) is 18.0. The molecule has 2 aromatic carbocycles. The third-order valence-corrected chi connectivity index (χ3v) is 4.07. The third kappa shape index (κ3) is 4.64. The smallest absolute Gasteiger partial charge is 0.142 e. The number of para-hydroxylation sites is 2. The van der Waals surface area contributed by atoms with Crippen LogP contribution in [0.25, 0.3) is 0 Å². The average molecular weight is 369 g/mol. The fourth-order valence-corrected chi connectivity index (χ4v) is 2.74. The van der Waals surface area contributed by atoms with Crippen molar-refractivity contribution in [1.82, 2.24) is 9.97 Å². The Morgan fingerprint density at radius 1 is 1.00 bits per heavy atom. The van der Waals surface area contributed by atoms with Gasteiger partial charge >= 0.3 is 0 Å². The molecule has 0 radical (unpaired) electrons. The Hall–Kier alpha value is -2.79. The van der Waals surface area contributed by atoms with E-state index in [1.165, 1.54) is 0 Å². The number of nitrogens with one attached hydrogen (secondary N) is 2. The second-order valence-electron chi connectivity index (χ2n) is 5.68. The Morgan fingerprint density at radius 2 is 1.73 bits per heavy atom. The summed E-state index contributed by atoms with van der Waals surface area (Å²) >= 11 is 6.21. The van der Waals surface area contributed by atoms with E-state index >= 15 is 0 Å². The van der Waals surface area contributed by atoms with Crippen molar-refractivity contribution in [3.05, 3.63) is 71.0 Å². The molecule has 0 amide bonds. The van der Waals surface area contributed by atoms with E-state index in [0.29, 0.717) is 24.8 Å². The van der Waals surface area contributed by atoms with Crippen molar-refractivity contribution in [2.75, 3.05) is 17.2 Å². The number of anilines is 3. The van der Waals surface area contributed by atoms with E-state index < -0.39 is 0 Å². The van der Waals surface area contributed by atoms with Crippen molar-refractivity contribution >= 4 is 28.9 Å². The van der Waals surface area contributed by atoms with Crippen LogP contribution in [-0.2, 0) is 6.54 Å². The molecule has 0 aliphatic carbocycles. The lowest BCUT2D eigenvalue weighted by molar-refractivity contribution is 0.342. The SMILES string of the molecule is CCOc1ccccc1Nc1cc(NCc2ccccc2Cl)nc(C)n1. The quantitative estimate of drug-likeness (QED) is 0.600. The molecule has 0 aliphatic heterocycles. The minimum atomic E-state index is 0.588. The van der Waals surface area contributed by atoms with Crippen LogP contribution in [-0.4, -0.2) is 16.6 Å². The molecule has 1 aromatic heterocycles. The molecule has 0 fully saturated rings. The molecule has 0 unspecified atom stereocenters. The minimum Gasteiger partial charge on any atom is -0.492 e. The average Bonchev–Trinajstić information content (AvgIpc) is 2.62. The van der Waals surface area contributed by atoms with Gasteiger partial charge in [0.15, 0.2) is 0 Å². The predicted molar refractivity (Wildman–Crippen MR) is 106 cm³/mol. The molecule has 6 heteroatoms. The predicted octanol–water partition coefficient (Wildman–Crippen LogP) is 5.19. The first-order valence-electron chi connectivity index (χ1n) is 8.47. The summed E-state index contributed by atoms with van der Waals surface area (Å²) < 4.78 is 5.65. The van der Waals surface area contributed by atoms with Crippen molar-refractivity contribution in [2.45, 2.75) is 20.4 Å². The molecular formula is C20H21ClN4O. The van der Waals surface area contributed by atoms with E-state index in [0.717, 1.165) is 27.8 Å². The third-order valence-electron chi connectivity index (χ3n) is 3.71. The lowest BCUT2D eigenvalue weighted by Gasteiger charge is -2.13. The molecule has 1 heterocycles. The minimum absolute atomic E-state index is 0.588. The van der Waals surface area contributed by atoms with Crippen molar-refractivity contribution in [2.24, 2.45) is 0 Å². The van der Waals surface area contributed by atoms with Gasteiger partial charge in [0.05, 0.1) is 12.3 Å². The van der Waals surface area contributed by atoms with E-state index in [-0.39, 0.29) is 0 Å². The standard InChI is InChI=1S/C20H21ClN4O/c1-3-26-18-11-7-6-10-17(18)25-20-12-19(23-14(2)24-20)22-13-15-8-4-5-9-16(15)21/h4-12H,3,13H2,1-2H3,(H2,22,23,24,25). The molecule has 0 aliphatic rings. The van der Waals surface area contributed by atoms with Crippen molar-refractivity contribution in [1.29, 1.82) is 0 Å². The van der Waals surface area contributed by atoms with Crippen molar-refractivity contribution in [3.63, 3.8) is 0 Å². The lowest BCUT2D eigenvalue weighted by Crippen LogP contribution is -2.06. The highest BCUT2D eigenvalue weighted by Gasteiger charge is 2.07. The number of ether oxygens (including phenoxy) is 1. The Bertz CT molecular complexity index is 885. The van der Waals surface area contributed by atoms with Gasteiger partial charge in [0.1, 0.15) is 23.2 Å². The van der Waals surface area contributed by atoms with Gasteiger partial charge in [-0.25, -0.2) is 9.97 Å². The summed E-state index contributed by atoms with van der Waals surface area (Å²) in [6.07, 6.45) is 0. The highest BCUT2D eigenvalue weighted by atomic mass is 35.5. The first-order valence-corrected chi connectivity index (χ1v) is 8.85. The highest BCUT2D eigenvalue weighted by Crippen LogP contribution is 2.27. The number of aromatic nitrogens is 2. The van der Waals surface area contributed by atoms with Crippen LogP contribution in [0.5, 0.6) is 5.75 Å². The van der Waals surface area contributed by atoms with Crippen LogP contribution < -0.4 is 15.4 Å². The van der Waals surface area contributed by atoms with Crippen LogP contribution in [0, 0.1) is 6.92 Å². The largest absolute Gasteiger partial charge is 0.492 e. The van der Waals surface area contributed by atoms with Gasteiger partial charge in [0.2, 0.25) is 0 Å². The van der Waals surface area contributed by atoms with Crippen LogP contribution in [0.2, 0.25) is 5.02 Å². The molecule has 0 spiro atoms. The number of hydrogen-bond donors (Lipinski definition) is 2. The van der Waals surface area contributed by atoms with E-state index in [1.54, 1.807) is 0 Å². The summed E-state index contributed by atoms with van der Waals surface area (Å²) in [4.78, 5) is 8.90. The number of hydrogen-bond acceptors (Lipinski definition) is 5. The van der Waals surface area contributed by atoms with Gasteiger partial charge in [0, 0.05) is 17.6 Å². The molecule has 26 heavy (non-hydrogen) atoms. The molecule has 0 atom stereocenters. The zero-order valence-corrected chi connectivity index (χ0v) is 15.5. The van der Waals surface area contributed by atoms with Gasteiger partial charge in [-0.2, -0.15) is 0 Å². The molecule has 0 saturated heterocycles. The van der Waals surface area contributed by atoms with Gasteiger partial charge in [-0.05, 0) is 37.6 Å². The summed E-state index contributed by atoms with van der Waals surface area (Å²) in [6, 6.07) is 17.4. The van der Waals surface area contributed by atoms with Crippen LogP contribution >= 0.6 is 11.6 Å². The Morgan fingerprint density at radius 3 is 2.54 bits per heavy atom. The van der Waals surface area contributed by atoms with Crippen molar-refractivity contribution < 1.29 is 4.74 Å². The molecule has 5 nitrogen and oxygen atoms in total. The van der Waals surface area contributed by atoms with Gasteiger partial charge in [-0.15, -0.1) is 0 Å². The molecule has 3 rings (SSSR count). The van der Waals surface area contributed by atoms with Gasteiger partial charge in [-0.1, -0.05) is 41.9 Å². The number of aryl methyl sites for hydroxylation is 1. The number of nitrogens with zero attached hydrogens (tertiary/aromatic N) is 2. The Kier molecular flexibility index (Phi) is 5.92. The first-order chi connectivity index (χ1) is 12.7. The fraction of sp³-hybridized carbons (Fsp3) is 0.200. The van der Waals surface area contributed by atoms with Crippen molar-refractivity contribution in [3.8, 4) is 5.75 Å². The van der Waals surface area contributed by atoms with E-state index in [1.807, 2.05) is 68.4 Å². The Balaban J connectivity index is 1.77. The summed E-state index contributed by atoms with van der Waals surface area (Å²) in [5, 5.41) is 7.34. The van der Waals surface area contributed by atoms with Gasteiger partial charge in [-0.3, -0.25) is 0 Å². The summed E-state index contributed by atoms with van der Waals surface area (Å²) in [5.74, 6) is 2.89. The molecule has 0 bridgehead atoms. The second kappa shape index (κ2) is 8.54. The topological polar surface area (TPSA) is 59.1 Å². The molecule has 134 valence electrons. The normalized spacial score (nSPS) is 10.4. The van der Waals surface area contributed by atoms with Gasteiger partial charge in [0.25, 0.3) is 0 Å². The molecule has 2 N–H and O–H groups in total. The molecule has 3 aromatic rings. The maximum absolute atomic E-state index is 6.21. The van der Waals surface area contributed by atoms with E-state index in [9.17, 15) is 0 Å². The summed E-state index contributed by atoms with van der Waals surface area (Å²) in [7, 11) is 0. The van der Waals surface area contributed by atoms with Gasteiger partial charge < -0.3 is 15.4 Å². The zero-order valence-electron chi connectivity index (χ0n) is 14.8. The molecular weight excluding hydrogens is 348 g/mol. The van der Waals surface area contributed by atoms with E-state index in [4.69, 9.17) is 16.3 Å². The van der Waals surface area contributed by atoms with Crippen LogP contribution in [0.4, 0.5) is 17.3 Å². The van der Waals surface area contributed by atoms with E-state index in [2.05, 4.69) is 20.6 Å². The summed E-state index contributed by atoms with van der Waals surface area (Å²) in [5.41, 5.74) is 1.88. The van der Waals surface area contributed by atoms with Crippen LogP contribution in [0.1, 0.15) is 18.3 Å². The highest BCUT2D eigenvalue weighted by molar-refractivity contribution is 6.31. The van der Waals surface area contributed by atoms with Crippen LogP contribution in [0.3, 0.4) is 0 Å². The fourth-order valence-electron chi connectivity index (χ4n) is 2.54. The number of rotatable bonds is 7. The zero-order chi connectivity index (χ0) is 18.4. The summed E-state index contributed by atoms with van der Waals surface area (Å²) in [6.45, 7) is 5.01. The Labute approximate surface area is 158 Å². The second-order valence-corrected chi connectivity index (χ2v) is 6.09. The number of benzene rings is 2. The number of halogens is 1. The monoisotopic (exact) mass is 368 g/mol.